The average Bonchev–Trinajstić information content (AvgIpc) is 3.06. The molecule has 1 fully saturated rings. The Morgan fingerprint density at radius 1 is 1.25 bits per heavy atom. The van der Waals surface area contributed by atoms with Gasteiger partial charge in [0.15, 0.2) is 0 Å². The van der Waals surface area contributed by atoms with Gasteiger partial charge in [-0.05, 0) is 49.9 Å². The second-order valence-corrected chi connectivity index (χ2v) is 8.60. The normalized spacial score (nSPS) is 33.5. The van der Waals surface area contributed by atoms with Gasteiger partial charge in [0.05, 0.1) is 11.1 Å². The number of ether oxygens (including phenoxy) is 2. The molecule has 0 radical (unpaired) electrons. The first-order chi connectivity index (χ1) is 13.4. The molecule has 2 aromatic rings. The van der Waals surface area contributed by atoms with Crippen LogP contribution in [0.25, 0.3) is 11.1 Å². The van der Waals surface area contributed by atoms with E-state index in [-0.39, 0.29) is 18.0 Å². The number of fused-ring (bicyclic) bond motifs is 4. The van der Waals surface area contributed by atoms with Crippen molar-refractivity contribution in [1.82, 2.24) is 4.98 Å². The van der Waals surface area contributed by atoms with E-state index in [9.17, 15) is 5.11 Å². The van der Waals surface area contributed by atoms with Crippen molar-refractivity contribution >= 4 is 17.6 Å². The van der Waals surface area contributed by atoms with Gasteiger partial charge in [-0.3, -0.25) is 4.98 Å². The molecule has 1 aromatic heterocycles. The van der Waals surface area contributed by atoms with E-state index < -0.39 is 11.1 Å². The minimum Gasteiger partial charge on any atom is -0.487 e. The van der Waals surface area contributed by atoms with Crippen molar-refractivity contribution in [1.29, 1.82) is 0 Å². The lowest BCUT2D eigenvalue weighted by Gasteiger charge is -2.53. The van der Waals surface area contributed by atoms with Crippen molar-refractivity contribution in [2.75, 3.05) is 6.61 Å². The summed E-state index contributed by atoms with van der Waals surface area (Å²) in [5.41, 5.74) is 7.68. The number of rotatable bonds is 1. The molecule has 1 saturated carbocycles. The quantitative estimate of drug-likeness (QED) is 0.768. The van der Waals surface area contributed by atoms with E-state index in [2.05, 4.69) is 18.0 Å². The number of aliphatic imine (C=N–C) groups is 1. The van der Waals surface area contributed by atoms with Crippen LogP contribution in [-0.2, 0) is 10.3 Å². The van der Waals surface area contributed by atoms with Crippen LogP contribution in [0, 0.1) is 5.92 Å². The Balaban J connectivity index is 1.69. The summed E-state index contributed by atoms with van der Waals surface area (Å²) in [6.45, 7) is 2.45. The van der Waals surface area contributed by atoms with Crippen LogP contribution in [0.5, 0.6) is 5.75 Å². The lowest BCUT2D eigenvalue weighted by molar-refractivity contribution is -0.0988. The van der Waals surface area contributed by atoms with E-state index >= 15 is 0 Å². The molecule has 1 aromatic carbocycles. The molecule has 3 unspecified atom stereocenters. The average molecular weight is 400 g/mol. The van der Waals surface area contributed by atoms with Crippen LogP contribution in [0.1, 0.15) is 31.7 Å². The van der Waals surface area contributed by atoms with Crippen molar-refractivity contribution in [2.24, 2.45) is 16.6 Å². The number of halogens is 1. The molecular formula is C21H22ClN3O3. The summed E-state index contributed by atoms with van der Waals surface area (Å²) in [4.78, 5) is 8.97. The molecule has 3 heterocycles. The third-order valence-corrected chi connectivity index (χ3v) is 6.58. The second-order valence-electron chi connectivity index (χ2n) is 8.16. The number of pyridine rings is 1. The first kappa shape index (κ1) is 17.8. The molecule has 2 aliphatic heterocycles. The molecule has 5 rings (SSSR count). The molecule has 28 heavy (non-hydrogen) atoms. The first-order valence-electron chi connectivity index (χ1n) is 9.50. The Kier molecular flexibility index (Phi) is 3.87. The van der Waals surface area contributed by atoms with Gasteiger partial charge in [0.2, 0.25) is 0 Å². The minimum atomic E-state index is -0.671. The molecule has 0 bridgehead atoms. The SMILES string of the molecule is CC12CCC(O)C[C@H]1C1(COC(N)=N1)c1cc(-c3cncc(Cl)c3)ccc1O2. The van der Waals surface area contributed by atoms with Gasteiger partial charge >= 0.3 is 0 Å². The molecule has 6 nitrogen and oxygen atoms in total. The maximum absolute atomic E-state index is 10.4. The molecule has 4 atom stereocenters. The Morgan fingerprint density at radius 2 is 2.11 bits per heavy atom. The fourth-order valence-corrected chi connectivity index (χ4v) is 5.17. The van der Waals surface area contributed by atoms with E-state index in [0.717, 1.165) is 28.9 Å². The molecule has 7 heteroatoms. The van der Waals surface area contributed by atoms with E-state index in [1.807, 2.05) is 18.2 Å². The van der Waals surface area contributed by atoms with Crippen molar-refractivity contribution in [3.05, 3.63) is 47.2 Å². The monoisotopic (exact) mass is 399 g/mol. The van der Waals surface area contributed by atoms with Crippen LogP contribution in [0.2, 0.25) is 5.02 Å². The number of hydrogen-bond acceptors (Lipinski definition) is 6. The van der Waals surface area contributed by atoms with E-state index in [1.165, 1.54) is 0 Å². The Bertz CT molecular complexity index is 981. The van der Waals surface area contributed by atoms with Gasteiger partial charge in [0, 0.05) is 29.4 Å². The lowest BCUT2D eigenvalue weighted by atomic mass is 9.62. The van der Waals surface area contributed by atoms with Gasteiger partial charge in [-0.1, -0.05) is 17.7 Å². The lowest BCUT2D eigenvalue weighted by Crippen LogP contribution is -2.58. The van der Waals surface area contributed by atoms with Crippen LogP contribution >= 0.6 is 11.6 Å². The Morgan fingerprint density at radius 3 is 2.86 bits per heavy atom. The molecular weight excluding hydrogens is 378 g/mol. The van der Waals surface area contributed by atoms with Crippen LogP contribution in [-0.4, -0.2) is 34.4 Å². The van der Waals surface area contributed by atoms with Crippen LogP contribution in [0.3, 0.4) is 0 Å². The summed E-state index contributed by atoms with van der Waals surface area (Å²) in [5.74, 6) is 0.751. The highest BCUT2D eigenvalue weighted by Crippen LogP contribution is 2.57. The van der Waals surface area contributed by atoms with Gasteiger partial charge in [-0.15, -0.1) is 0 Å². The zero-order valence-electron chi connectivity index (χ0n) is 15.6. The van der Waals surface area contributed by atoms with Gasteiger partial charge < -0.3 is 20.3 Å². The number of amidine groups is 1. The fraction of sp³-hybridized carbons (Fsp3) is 0.429. The number of hydrogen-bond donors (Lipinski definition) is 2. The third kappa shape index (κ3) is 2.58. The molecule has 1 spiro atoms. The molecule has 3 aliphatic rings. The van der Waals surface area contributed by atoms with Crippen molar-refractivity contribution in [3.8, 4) is 16.9 Å². The largest absolute Gasteiger partial charge is 0.487 e. The summed E-state index contributed by atoms with van der Waals surface area (Å²) in [6, 6.07) is 8.11. The molecule has 3 N–H and O–H groups in total. The van der Waals surface area contributed by atoms with Gasteiger partial charge in [-0.2, -0.15) is 0 Å². The summed E-state index contributed by atoms with van der Waals surface area (Å²) in [6.07, 6.45) is 5.08. The van der Waals surface area contributed by atoms with E-state index in [0.29, 0.717) is 24.5 Å². The van der Waals surface area contributed by atoms with Crippen molar-refractivity contribution in [2.45, 2.75) is 43.4 Å². The predicted molar refractivity (Wildman–Crippen MR) is 106 cm³/mol. The zero-order valence-corrected chi connectivity index (χ0v) is 16.3. The summed E-state index contributed by atoms with van der Waals surface area (Å²) >= 11 is 6.13. The number of aliphatic hydroxyl groups is 1. The van der Waals surface area contributed by atoms with Gasteiger partial charge in [-0.25, -0.2) is 4.99 Å². The Labute approximate surface area is 168 Å². The predicted octanol–water partition coefficient (Wildman–Crippen LogP) is 3.25. The summed E-state index contributed by atoms with van der Waals surface area (Å²) in [5, 5.41) is 11.0. The van der Waals surface area contributed by atoms with E-state index in [1.54, 1.807) is 12.4 Å². The van der Waals surface area contributed by atoms with Crippen LogP contribution < -0.4 is 10.5 Å². The van der Waals surface area contributed by atoms with Crippen molar-refractivity contribution in [3.63, 3.8) is 0 Å². The van der Waals surface area contributed by atoms with Crippen LogP contribution in [0.4, 0.5) is 0 Å². The van der Waals surface area contributed by atoms with E-state index in [4.69, 9.17) is 31.8 Å². The minimum absolute atomic E-state index is 0.0370. The maximum Gasteiger partial charge on any atom is 0.283 e. The fourth-order valence-electron chi connectivity index (χ4n) is 5.00. The topological polar surface area (TPSA) is 90.0 Å². The van der Waals surface area contributed by atoms with Crippen molar-refractivity contribution < 1.29 is 14.6 Å². The zero-order chi connectivity index (χ0) is 19.5. The number of benzene rings is 1. The highest BCUT2D eigenvalue weighted by Gasteiger charge is 2.60. The maximum atomic E-state index is 10.4. The summed E-state index contributed by atoms with van der Waals surface area (Å²) < 4.78 is 12.1. The second kappa shape index (κ2) is 6.09. The molecule has 0 amide bonds. The van der Waals surface area contributed by atoms with Crippen LogP contribution in [0.15, 0.2) is 41.7 Å². The highest BCUT2D eigenvalue weighted by atomic mass is 35.5. The highest BCUT2D eigenvalue weighted by molar-refractivity contribution is 6.30. The van der Waals surface area contributed by atoms with Gasteiger partial charge in [0.1, 0.15) is 23.5 Å². The summed E-state index contributed by atoms with van der Waals surface area (Å²) in [7, 11) is 0. The smallest absolute Gasteiger partial charge is 0.283 e. The van der Waals surface area contributed by atoms with Gasteiger partial charge in [0.25, 0.3) is 6.02 Å². The number of aliphatic hydroxyl groups excluding tert-OH is 1. The third-order valence-electron chi connectivity index (χ3n) is 6.37. The molecule has 0 saturated heterocycles. The molecule has 146 valence electrons. The number of nitrogens with two attached hydrogens (primary N) is 1. The number of aromatic nitrogens is 1. The Hall–Kier alpha value is -2.31. The number of nitrogens with zero attached hydrogens (tertiary/aromatic N) is 2. The standard InChI is InChI=1S/C21H22ClN3O3/c1-20-5-4-15(26)8-18(20)21(11-27-19(23)25-21)16-7-12(2-3-17(16)28-20)13-6-14(22)10-24-9-13/h2-3,6-7,9-10,15,18,26H,4-5,8,11H2,1H3,(H2,23,25)/t15?,18-,20?,21?/m1/s1. The molecule has 1 aliphatic carbocycles. The first-order valence-corrected chi connectivity index (χ1v) is 9.88.